The Balaban J connectivity index is 2.00. The van der Waals surface area contributed by atoms with Gasteiger partial charge in [0.25, 0.3) is 0 Å². The average molecular weight is 409 g/mol. The summed E-state index contributed by atoms with van der Waals surface area (Å²) in [6.45, 7) is 1.04. The van der Waals surface area contributed by atoms with Crippen LogP contribution in [-0.4, -0.2) is 18.3 Å². The first kappa shape index (κ1) is 13.5. The van der Waals surface area contributed by atoms with Crippen LogP contribution in [0, 0.1) is 2.88 Å². The maximum atomic E-state index is 10.4. The third-order valence-corrected chi connectivity index (χ3v) is 4.99. The molecular weight excluding hydrogens is 399 g/mol. The molecular formula is C13H10ClIO3S. The third-order valence-electron chi connectivity index (χ3n) is 2.86. The fraction of sp³-hybridized carbons (Fsp3) is 0.231. The van der Waals surface area contributed by atoms with Crippen molar-refractivity contribution in [3.05, 3.63) is 42.6 Å². The summed E-state index contributed by atoms with van der Waals surface area (Å²) in [5.74, 6) is 1.27. The van der Waals surface area contributed by atoms with Gasteiger partial charge in [0.2, 0.25) is 0 Å². The van der Waals surface area contributed by atoms with E-state index in [1.54, 1.807) is 23.5 Å². The van der Waals surface area contributed by atoms with Gasteiger partial charge in [-0.3, -0.25) is 0 Å². The molecule has 19 heavy (non-hydrogen) atoms. The Morgan fingerprint density at radius 3 is 2.53 bits per heavy atom. The van der Waals surface area contributed by atoms with Crippen molar-refractivity contribution >= 4 is 45.5 Å². The van der Waals surface area contributed by atoms with E-state index in [-0.39, 0.29) is 0 Å². The summed E-state index contributed by atoms with van der Waals surface area (Å²) in [6, 6.07) is 5.40. The van der Waals surface area contributed by atoms with E-state index in [1.807, 2.05) is 11.4 Å². The van der Waals surface area contributed by atoms with Gasteiger partial charge < -0.3 is 14.6 Å². The molecule has 1 aliphatic rings. The van der Waals surface area contributed by atoms with E-state index in [2.05, 4.69) is 22.6 Å². The van der Waals surface area contributed by atoms with Crippen LogP contribution in [0.15, 0.2) is 23.6 Å². The van der Waals surface area contributed by atoms with Crippen molar-refractivity contribution in [1.29, 1.82) is 0 Å². The lowest BCUT2D eigenvalue weighted by Crippen LogP contribution is -2.16. The molecule has 2 aromatic rings. The molecule has 0 fully saturated rings. The first-order valence-corrected chi connectivity index (χ1v) is 8.00. The number of aliphatic hydroxyl groups excluding tert-OH is 1. The minimum atomic E-state index is -0.747. The first-order chi connectivity index (χ1) is 9.15. The molecule has 1 atom stereocenters. The number of thiophene rings is 1. The highest BCUT2D eigenvalue weighted by molar-refractivity contribution is 14.1. The van der Waals surface area contributed by atoms with Crippen molar-refractivity contribution < 1.29 is 14.6 Å². The molecule has 1 N–H and O–H groups in total. The summed E-state index contributed by atoms with van der Waals surface area (Å²) in [6.07, 6.45) is -0.747. The molecule has 1 aromatic heterocycles. The van der Waals surface area contributed by atoms with Gasteiger partial charge in [-0.25, -0.2) is 0 Å². The van der Waals surface area contributed by atoms with E-state index in [0.717, 1.165) is 8.45 Å². The van der Waals surface area contributed by atoms with Crippen molar-refractivity contribution in [1.82, 2.24) is 0 Å². The first-order valence-electron chi connectivity index (χ1n) is 5.66. The number of rotatable bonds is 2. The van der Waals surface area contributed by atoms with Crippen LogP contribution in [0.3, 0.4) is 0 Å². The monoisotopic (exact) mass is 408 g/mol. The number of benzene rings is 1. The fourth-order valence-electron chi connectivity index (χ4n) is 1.94. The van der Waals surface area contributed by atoms with Crippen LogP contribution in [0.2, 0.25) is 5.02 Å². The molecule has 1 aromatic carbocycles. The second-order valence-corrected chi connectivity index (χ2v) is 7.32. The molecule has 0 amide bonds. The highest BCUT2D eigenvalue weighted by atomic mass is 127. The Labute approximate surface area is 133 Å². The van der Waals surface area contributed by atoms with Crippen LogP contribution in [0.5, 0.6) is 11.5 Å². The lowest BCUT2D eigenvalue weighted by molar-refractivity contribution is 0.169. The van der Waals surface area contributed by atoms with E-state index < -0.39 is 6.10 Å². The molecule has 100 valence electrons. The van der Waals surface area contributed by atoms with E-state index >= 15 is 0 Å². The number of hydrogen-bond donors (Lipinski definition) is 1. The molecule has 0 saturated heterocycles. The van der Waals surface area contributed by atoms with Crippen LogP contribution >= 0.6 is 45.5 Å². The van der Waals surface area contributed by atoms with E-state index in [1.165, 1.54) is 0 Å². The second kappa shape index (κ2) is 5.47. The molecule has 3 rings (SSSR count). The zero-order valence-electron chi connectivity index (χ0n) is 9.73. The lowest BCUT2D eigenvalue weighted by Gasteiger charge is -2.21. The topological polar surface area (TPSA) is 38.7 Å². The number of ether oxygens (including phenoxy) is 2. The molecule has 0 spiro atoms. The van der Waals surface area contributed by atoms with Gasteiger partial charge in [0, 0.05) is 11.6 Å². The van der Waals surface area contributed by atoms with Crippen LogP contribution in [-0.2, 0) is 0 Å². The van der Waals surface area contributed by atoms with Crippen LogP contribution < -0.4 is 9.47 Å². The lowest BCUT2D eigenvalue weighted by atomic mass is 10.0. The summed E-state index contributed by atoms with van der Waals surface area (Å²) in [4.78, 5) is 0. The Morgan fingerprint density at radius 1 is 1.21 bits per heavy atom. The van der Waals surface area contributed by atoms with Crippen LogP contribution in [0.4, 0.5) is 0 Å². The molecule has 1 unspecified atom stereocenters. The summed E-state index contributed by atoms with van der Waals surface area (Å²) in [5, 5.41) is 12.8. The second-order valence-electron chi connectivity index (χ2n) is 4.10. The van der Waals surface area contributed by atoms with Crippen LogP contribution in [0.1, 0.15) is 17.2 Å². The third kappa shape index (κ3) is 2.69. The minimum absolute atomic E-state index is 0.484. The number of hydrogen-bond acceptors (Lipinski definition) is 4. The van der Waals surface area contributed by atoms with Gasteiger partial charge in [-0.2, -0.15) is 0 Å². The van der Waals surface area contributed by atoms with Gasteiger partial charge in [-0.1, -0.05) is 11.6 Å². The molecule has 0 bridgehead atoms. The predicted octanol–water partition coefficient (Wildman–Crippen LogP) is 3.86. The van der Waals surface area contributed by atoms with Crippen molar-refractivity contribution in [2.75, 3.05) is 13.2 Å². The normalized spacial score (nSPS) is 15.3. The van der Waals surface area contributed by atoms with Crippen molar-refractivity contribution in [3.8, 4) is 11.5 Å². The summed E-state index contributed by atoms with van der Waals surface area (Å²) >= 11 is 10.0. The van der Waals surface area contributed by atoms with E-state index in [9.17, 15) is 5.11 Å². The molecule has 0 saturated carbocycles. The van der Waals surface area contributed by atoms with Gasteiger partial charge in [-0.15, -0.1) is 11.3 Å². The Kier molecular flexibility index (Phi) is 3.88. The van der Waals surface area contributed by atoms with Crippen molar-refractivity contribution in [3.63, 3.8) is 0 Å². The number of aliphatic hydroxyl groups is 1. The molecule has 6 heteroatoms. The molecule has 3 nitrogen and oxygen atoms in total. The summed E-state index contributed by atoms with van der Waals surface area (Å²) in [5.41, 5.74) is 1.48. The van der Waals surface area contributed by atoms with Gasteiger partial charge in [0.15, 0.2) is 11.5 Å². The van der Waals surface area contributed by atoms with Gasteiger partial charge in [-0.05, 0) is 45.7 Å². The molecule has 0 aliphatic carbocycles. The zero-order valence-corrected chi connectivity index (χ0v) is 13.5. The fourth-order valence-corrected chi connectivity index (χ4v) is 3.58. The SMILES string of the molecule is OC(c1csc(I)c1)c1cc2c(cc1Cl)OCCO2. The standard InChI is InChI=1S/C13H10ClIO3S/c14-9-5-11-10(17-1-2-18-11)4-8(9)13(16)7-3-12(15)19-6-7/h3-6,13,16H,1-2H2. The number of fused-ring (bicyclic) bond motifs is 1. The summed E-state index contributed by atoms with van der Waals surface area (Å²) in [7, 11) is 0. The molecule has 1 aliphatic heterocycles. The zero-order chi connectivity index (χ0) is 13.4. The number of halogens is 2. The maximum absolute atomic E-state index is 10.4. The van der Waals surface area contributed by atoms with Crippen LogP contribution in [0.25, 0.3) is 0 Å². The van der Waals surface area contributed by atoms with Crippen molar-refractivity contribution in [2.24, 2.45) is 0 Å². The average Bonchev–Trinajstić information content (AvgIpc) is 2.84. The molecule has 0 radical (unpaired) electrons. The van der Waals surface area contributed by atoms with Gasteiger partial charge >= 0.3 is 0 Å². The van der Waals surface area contributed by atoms with E-state index in [0.29, 0.717) is 35.3 Å². The minimum Gasteiger partial charge on any atom is -0.486 e. The van der Waals surface area contributed by atoms with E-state index in [4.69, 9.17) is 21.1 Å². The summed E-state index contributed by atoms with van der Waals surface area (Å²) < 4.78 is 12.1. The smallest absolute Gasteiger partial charge is 0.162 e. The quantitative estimate of drug-likeness (QED) is 0.767. The Hall–Kier alpha value is -0.500. The maximum Gasteiger partial charge on any atom is 0.162 e. The highest BCUT2D eigenvalue weighted by Gasteiger charge is 2.21. The van der Waals surface area contributed by atoms with Crippen molar-refractivity contribution in [2.45, 2.75) is 6.10 Å². The molecule has 2 heterocycles. The Morgan fingerprint density at radius 2 is 1.89 bits per heavy atom. The highest BCUT2D eigenvalue weighted by Crippen LogP contribution is 2.39. The predicted molar refractivity (Wildman–Crippen MR) is 83.5 cm³/mol. The van der Waals surface area contributed by atoms with Gasteiger partial charge in [0.05, 0.1) is 7.91 Å². The Bertz CT molecular complexity index is 614. The van der Waals surface area contributed by atoms with Gasteiger partial charge in [0.1, 0.15) is 19.3 Å². The largest absolute Gasteiger partial charge is 0.486 e.